The van der Waals surface area contributed by atoms with E-state index in [4.69, 9.17) is 0 Å². The van der Waals surface area contributed by atoms with E-state index in [0.717, 1.165) is 36.2 Å². The van der Waals surface area contributed by atoms with Crippen LogP contribution in [0.25, 0.3) is 4.96 Å². The van der Waals surface area contributed by atoms with E-state index in [1.165, 1.54) is 12.8 Å². The van der Waals surface area contributed by atoms with Crippen molar-refractivity contribution in [3.05, 3.63) is 23.5 Å². The summed E-state index contributed by atoms with van der Waals surface area (Å²) < 4.78 is 1.96. The Morgan fingerprint density at radius 2 is 2.27 bits per heavy atom. The zero-order valence-electron chi connectivity index (χ0n) is 13.3. The first-order valence-corrected chi connectivity index (χ1v) is 8.91. The Morgan fingerprint density at radius 1 is 1.50 bits per heavy atom. The molecular weight excluding hydrogens is 296 g/mol. The van der Waals surface area contributed by atoms with E-state index in [0.29, 0.717) is 12.5 Å². The minimum atomic E-state index is 0.0583. The summed E-state index contributed by atoms with van der Waals surface area (Å²) in [6.07, 6.45) is 6.79. The highest BCUT2D eigenvalue weighted by atomic mass is 32.1. The summed E-state index contributed by atoms with van der Waals surface area (Å²) in [5, 5.41) is 5.04. The van der Waals surface area contributed by atoms with E-state index >= 15 is 0 Å². The molecule has 5 nitrogen and oxygen atoms in total. The smallest absolute Gasteiger partial charge is 0.226 e. The van der Waals surface area contributed by atoms with Crippen molar-refractivity contribution in [2.45, 2.75) is 39.2 Å². The number of nitrogens with zero attached hydrogens (tertiary/aromatic N) is 3. The molecule has 1 N–H and O–H groups in total. The number of piperidine rings is 1. The summed E-state index contributed by atoms with van der Waals surface area (Å²) in [5.41, 5.74) is 0.837. The van der Waals surface area contributed by atoms with Crippen LogP contribution < -0.4 is 5.32 Å². The van der Waals surface area contributed by atoms with Gasteiger partial charge in [0.15, 0.2) is 4.96 Å². The van der Waals surface area contributed by atoms with E-state index in [9.17, 15) is 4.79 Å². The van der Waals surface area contributed by atoms with Gasteiger partial charge in [-0.2, -0.15) is 0 Å². The largest absolute Gasteiger partial charge is 0.354 e. The predicted molar refractivity (Wildman–Crippen MR) is 89.2 cm³/mol. The number of nitrogens with one attached hydrogen (secondary N) is 1. The predicted octanol–water partition coefficient (Wildman–Crippen LogP) is 2.17. The normalized spacial score (nSPS) is 18.6. The fraction of sp³-hybridized carbons (Fsp3) is 0.625. The van der Waals surface area contributed by atoms with Crippen LogP contribution in [0.1, 0.15) is 32.4 Å². The molecule has 1 fully saturated rings. The van der Waals surface area contributed by atoms with Gasteiger partial charge in [-0.1, -0.05) is 6.92 Å². The second-order valence-corrected chi connectivity index (χ2v) is 7.25. The highest BCUT2D eigenvalue weighted by Crippen LogP contribution is 2.17. The first kappa shape index (κ1) is 15.5. The van der Waals surface area contributed by atoms with E-state index in [1.54, 1.807) is 11.3 Å². The molecule has 0 bridgehead atoms. The van der Waals surface area contributed by atoms with E-state index in [1.807, 2.05) is 22.2 Å². The van der Waals surface area contributed by atoms with Gasteiger partial charge in [-0.05, 0) is 38.8 Å². The highest BCUT2D eigenvalue weighted by Gasteiger charge is 2.20. The molecule has 0 radical (unpaired) electrons. The molecule has 1 atom stereocenters. The van der Waals surface area contributed by atoms with Crippen LogP contribution in [0.15, 0.2) is 17.8 Å². The molecule has 1 aliphatic heterocycles. The summed E-state index contributed by atoms with van der Waals surface area (Å²) in [6.45, 7) is 7.53. The van der Waals surface area contributed by atoms with Crippen LogP contribution in [-0.2, 0) is 11.2 Å². The Hall–Kier alpha value is -1.40. The van der Waals surface area contributed by atoms with Gasteiger partial charge in [0.05, 0.1) is 12.1 Å². The average molecular weight is 320 g/mol. The standard InChI is InChI=1S/C16H24N4OS/c1-12-3-5-19(6-4-12)13(2)10-17-15(21)9-14-11-20-7-8-22-16(20)18-14/h7-8,11-13H,3-6,9-10H2,1-2H3,(H,17,21)/t13-/m0/s1. The number of fused-ring (bicyclic) bond motifs is 1. The molecule has 1 saturated heterocycles. The monoisotopic (exact) mass is 320 g/mol. The second kappa shape index (κ2) is 6.79. The van der Waals surface area contributed by atoms with Gasteiger partial charge < -0.3 is 5.32 Å². The fourth-order valence-electron chi connectivity index (χ4n) is 2.95. The minimum Gasteiger partial charge on any atom is -0.354 e. The van der Waals surface area contributed by atoms with Gasteiger partial charge >= 0.3 is 0 Å². The van der Waals surface area contributed by atoms with Crippen LogP contribution >= 0.6 is 11.3 Å². The number of hydrogen-bond acceptors (Lipinski definition) is 4. The second-order valence-electron chi connectivity index (χ2n) is 6.37. The van der Waals surface area contributed by atoms with Gasteiger partial charge in [-0.25, -0.2) is 4.98 Å². The third-order valence-electron chi connectivity index (χ3n) is 4.52. The van der Waals surface area contributed by atoms with Crippen LogP contribution in [0.3, 0.4) is 0 Å². The SMILES string of the molecule is CC1CCN([C@@H](C)CNC(=O)Cc2cn3ccsc3n2)CC1. The van der Waals surface area contributed by atoms with Crippen LogP contribution in [0.2, 0.25) is 0 Å². The average Bonchev–Trinajstić information content (AvgIpc) is 3.06. The molecule has 0 spiro atoms. The van der Waals surface area contributed by atoms with Crippen molar-refractivity contribution in [1.29, 1.82) is 0 Å². The van der Waals surface area contributed by atoms with E-state index in [-0.39, 0.29) is 5.91 Å². The van der Waals surface area contributed by atoms with Crippen LogP contribution in [0.4, 0.5) is 0 Å². The third kappa shape index (κ3) is 3.67. The van der Waals surface area contributed by atoms with Crippen LogP contribution in [-0.4, -0.2) is 45.9 Å². The Labute approximate surface area is 135 Å². The number of aromatic nitrogens is 2. The molecule has 3 rings (SSSR count). The number of likely N-dealkylation sites (tertiary alicyclic amines) is 1. The van der Waals surface area contributed by atoms with Crippen molar-refractivity contribution >= 4 is 22.2 Å². The van der Waals surface area contributed by atoms with Crippen molar-refractivity contribution < 1.29 is 4.79 Å². The highest BCUT2D eigenvalue weighted by molar-refractivity contribution is 7.15. The molecule has 2 aromatic heterocycles. The molecule has 0 aromatic carbocycles. The molecule has 22 heavy (non-hydrogen) atoms. The summed E-state index contributed by atoms with van der Waals surface area (Å²) in [6, 6.07) is 0.405. The molecule has 6 heteroatoms. The summed E-state index contributed by atoms with van der Waals surface area (Å²) in [5.74, 6) is 0.899. The fourth-order valence-corrected chi connectivity index (χ4v) is 3.67. The van der Waals surface area contributed by atoms with Gasteiger partial charge in [0, 0.05) is 30.4 Å². The number of imidazole rings is 1. The number of rotatable bonds is 5. The lowest BCUT2D eigenvalue weighted by molar-refractivity contribution is -0.120. The quantitative estimate of drug-likeness (QED) is 0.918. The number of thiazole rings is 1. The third-order valence-corrected chi connectivity index (χ3v) is 5.29. The number of carbonyl (C=O) groups excluding carboxylic acids is 1. The Balaban J connectivity index is 1.44. The van der Waals surface area contributed by atoms with E-state index in [2.05, 4.69) is 29.0 Å². The van der Waals surface area contributed by atoms with Crippen LogP contribution in [0, 0.1) is 5.92 Å². The first-order chi connectivity index (χ1) is 10.6. The van der Waals surface area contributed by atoms with Gasteiger partial charge in [0.1, 0.15) is 0 Å². The van der Waals surface area contributed by atoms with E-state index < -0.39 is 0 Å². The lowest BCUT2D eigenvalue weighted by atomic mass is 9.98. The maximum atomic E-state index is 12.1. The van der Waals surface area contributed by atoms with Crippen molar-refractivity contribution in [1.82, 2.24) is 19.6 Å². The molecule has 2 aromatic rings. The van der Waals surface area contributed by atoms with Crippen molar-refractivity contribution in [2.24, 2.45) is 5.92 Å². The lowest BCUT2D eigenvalue weighted by Gasteiger charge is -2.35. The molecular formula is C16H24N4OS. The van der Waals surface area contributed by atoms with Crippen molar-refractivity contribution in [3.8, 4) is 0 Å². The Morgan fingerprint density at radius 3 is 3.00 bits per heavy atom. The van der Waals surface area contributed by atoms with Gasteiger partial charge in [-0.15, -0.1) is 11.3 Å². The summed E-state index contributed by atoms with van der Waals surface area (Å²) >= 11 is 1.59. The zero-order chi connectivity index (χ0) is 15.5. The summed E-state index contributed by atoms with van der Waals surface area (Å²) in [7, 11) is 0. The maximum absolute atomic E-state index is 12.1. The molecule has 1 amide bonds. The maximum Gasteiger partial charge on any atom is 0.226 e. The molecule has 0 aliphatic carbocycles. The molecule has 120 valence electrons. The van der Waals surface area contributed by atoms with Gasteiger partial charge in [0.25, 0.3) is 0 Å². The number of amides is 1. The zero-order valence-corrected chi connectivity index (χ0v) is 14.1. The molecule has 3 heterocycles. The summed E-state index contributed by atoms with van der Waals surface area (Å²) in [4.78, 5) is 19.9. The minimum absolute atomic E-state index is 0.0583. The molecule has 0 unspecified atom stereocenters. The van der Waals surface area contributed by atoms with Gasteiger partial charge in [0.2, 0.25) is 5.91 Å². The molecule has 0 saturated carbocycles. The topological polar surface area (TPSA) is 49.6 Å². The lowest BCUT2D eigenvalue weighted by Crippen LogP contribution is -2.45. The van der Waals surface area contributed by atoms with Crippen molar-refractivity contribution in [2.75, 3.05) is 19.6 Å². The first-order valence-electron chi connectivity index (χ1n) is 8.03. The Kier molecular flexibility index (Phi) is 4.78. The molecule has 1 aliphatic rings. The number of carbonyl (C=O) groups is 1. The van der Waals surface area contributed by atoms with Crippen LogP contribution in [0.5, 0.6) is 0 Å². The van der Waals surface area contributed by atoms with Gasteiger partial charge in [-0.3, -0.25) is 14.1 Å². The number of hydrogen-bond donors (Lipinski definition) is 1. The van der Waals surface area contributed by atoms with Crippen molar-refractivity contribution in [3.63, 3.8) is 0 Å². The Bertz CT molecular complexity index is 598.